The maximum absolute atomic E-state index is 13.4. The van der Waals surface area contributed by atoms with E-state index in [2.05, 4.69) is 4.98 Å². The van der Waals surface area contributed by atoms with E-state index >= 15 is 0 Å². The van der Waals surface area contributed by atoms with Crippen molar-refractivity contribution in [3.63, 3.8) is 0 Å². The van der Waals surface area contributed by atoms with E-state index < -0.39 is 23.5 Å². The van der Waals surface area contributed by atoms with E-state index in [1.807, 2.05) is 12.1 Å². The number of aliphatic hydroxyl groups excluding tert-OH is 1. The van der Waals surface area contributed by atoms with Gasteiger partial charge in [-0.1, -0.05) is 41.9 Å². The summed E-state index contributed by atoms with van der Waals surface area (Å²) in [5.74, 6) is -1.82. The molecule has 0 saturated carbocycles. The molecule has 4 aromatic rings. The van der Waals surface area contributed by atoms with Crippen molar-refractivity contribution in [2.75, 3.05) is 4.90 Å². The number of aliphatic hydroxyl groups is 1. The zero-order valence-electron chi connectivity index (χ0n) is 15.3. The number of hydrogen-bond acceptors (Lipinski definition) is 6. The van der Waals surface area contributed by atoms with E-state index in [9.17, 15) is 14.7 Å². The van der Waals surface area contributed by atoms with Crippen LogP contribution in [0, 0.1) is 0 Å². The average Bonchev–Trinajstić information content (AvgIpc) is 3.47. The topological polar surface area (TPSA) is 83.6 Å². The van der Waals surface area contributed by atoms with Crippen molar-refractivity contribution >= 4 is 50.7 Å². The number of aromatic nitrogens is 1. The second-order valence-electron chi connectivity index (χ2n) is 6.68. The van der Waals surface area contributed by atoms with Crippen LogP contribution in [0.15, 0.2) is 81.9 Å². The van der Waals surface area contributed by atoms with Gasteiger partial charge in [-0.25, -0.2) is 4.98 Å². The van der Waals surface area contributed by atoms with Gasteiger partial charge >= 0.3 is 0 Å². The first kappa shape index (κ1) is 18.6. The average molecular weight is 437 g/mol. The van der Waals surface area contributed by atoms with Crippen LogP contribution in [0.3, 0.4) is 0 Å². The van der Waals surface area contributed by atoms with E-state index in [1.54, 1.807) is 54.0 Å². The van der Waals surface area contributed by atoms with Gasteiger partial charge in [-0.2, -0.15) is 0 Å². The summed E-state index contributed by atoms with van der Waals surface area (Å²) in [7, 11) is 0. The molecule has 30 heavy (non-hydrogen) atoms. The molecule has 8 heteroatoms. The molecule has 0 spiro atoms. The molecule has 2 aromatic heterocycles. The standard InChI is InChI=1S/C22H13ClN2O4S/c23-14-7-5-12(6-8-14)18-17(20(27)21(28)25(18)22-24-9-10-30-22)19(26)16-11-13-3-1-2-4-15(13)29-16/h1-11,18,27H. The van der Waals surface area contributed by atoms with Gasteiger partial charge in [0.25, 0.3) is 5.91 Å². The molecule has 5 rings (SSSR count). The number of carbonyl (C=O) groups excluding carboxylic acids is 2. The van der Waals surface area contributed by atoms with Gasteiger partial charge in [0.05, 0.1) is 11.6 Å². The molecule has 3 heterocycles. The summed E-state index contributed by atoms with van der Waals surface area (Å²) in [6.45, 7) is 0. The van der Waals surface area contributed by atoms with Crippen LogP contribution in [0.2, 0.25) is 5.02 Å². The van der Waals surface area contributed by atoms with E-state index in [0.29, 0.717) is 21.3 Å². The number of hydrogen-bond donors (Lipinski definition) is 1. The third-order valence-corrected chi connectivity index (χ3v) is 5.94. The molecule has 148 valence electrons. The predicted octanol–water partition coefficient (Wildman–Crippen LogP) is 5.33. The number of para-hydroxylation sites is 1. The zero-order valence-corrected chi connectivity index (χ0v) is 16.9. The van der Waals surface area contributed by atoms with Gasteiger partial charge in [-0.05, 0) is 29.8 Å². The summed E-state index contributed by atoms with van der Waals surface area (Å²) in [6, 6.07) is 14.7. The third-order valence-electron chi connectivity index (χ3n) is 4.91. The number of fused-ring (bicyclic) bond motifs is 1. The van der Waals surface area contributed by atoms with E-state index in [-0.39, 0.29) is 11.3 Å². The van der Waals surface area contributed by atoms with Crippen molar-refractivity contribution in [3.05, 3.63) is 93.9 Å². The minimum absolute atomic E-state index is 0.0468. The van der Waals surface area contributed by atoms with Gasteiger partial charge in [0.15, 0.2) is 16.7 Å². The van der Waals surface area contributed by atoms with Gasteiger partial charge < -0.3 is 9.52 Å². The predicted molar refractivity (Wildman–Crippen MR) is 114 cm³/mol. The Balaban J connectivity index is 1.66. The SMILES string of the molecule is O=C(C1=C(O)C(=O)N(c2nccs2)C1c1ccc(Cl)cc1)c1cc2ccccc2o1. The Morgan fingerprint density at radius 2 is 1.93 bits per heavy atom. The maximum Gasteiger partial charge on any atom is 0.296 e. The summed E-state index contributed by atoms with van der Waals surface area (Å²) in [5.41, 5.74) is 1.10. The Hall–Kier alpha value is -3.42. The highest BCUT2D eigenvalue weighted by Crippen LogP contribution is 2.43. The fourth-order valence-corrected chi connectivity index (χ4v) is 4.35. The summed E-state index contributed by atoms with van der Waals surface area (Å²) in [6.07, 6.45) is 1.56. The lowest BCUT2D eigenvalue weighted by atomic mass is 9.95. The van der Waals surface area contributed by atoms with Crippen LogP contribution < -0.4 is 4.90 Å². The van der Waals surface area contributed by atoms with Crippen molar-refractivity contribution < 1.29 is 19.1 Å². The van der Waals surface area contributed by atoms with Gasteiger partial charge in [0.1, 0.15) is 5.58 Å². The molecule has 0 bridgehead atoms. The lowest BCUT2D eigenvalue weighted by Crippen LogP contribution is -2.30. The van der Waals surface area contributed by atoms with Crippen LogP contribution >= 0.6 is 22.9 Å². The van der Waals surface area contributed by atoms with E-state index in [0.717, 1.165) is 5.39 Å². The van der Waals surface area contributed by atoms with E-state index in [4.69, 9.17) is 16.0 Å². The Morgan fingerprint density at radius 1 is 1.17 bits per heavy atom. The molecule has 2 aromatic carbocycles. The van der Waals surface area contributed by atoms with Crippen molar-refractivity contribution in [1.82, 2.24) is 4.98 Å². The van der Waals surface area contributed by atoms with Gasteiger partial charge in [0.2, 0.25) is 5.78 Å². The summed E-state index contributed by atoms with van der Waals surface area (Å²) in [5, 5.41) is 14.1. The highest BCUT2D eigenvalue weighted by Gasteiger charge is 2.46. The number of nitrogens with zero attached hydrogens (tertiary/aromatic N) is 2. The minimum atomic E-state index is -0.860. The molecule has 6 nitrogen and oxygen atoms in total. The first-order valence-electron chi connectivity index (χ1n) is 8.99. The number of rotatable bonds is 4. The number of benzene rings is 2. The molecule has 1 unspecified atom stereocenters. The highest BCUT2D eigenvalue weighted by atomic mass is 35.5. The molecule has 0 radical (unpaired) electrons. The van der Waals surface area contributed by atoms with Crippen LogP contribution in [-0.2, 0) is 4.79 Å². The molecule has 1 aliphatic heterocycles. The number of amides is 1. The molecule has 1 amide bonds. The van der Waals surface area contributed by atoms with Crippen LogP contribution in [0.1, 0.15) is 22.2 Å². The lowest BCUT2D eigenvalue weighted by Gasteiger charge is -2.24. The first-order valence-corrected chi connectivity index (χ1v) is 10.3. The Kier molecular flexibility index (Phi) is 4.42. The lowest BCUT2D eigenvalue weighted by molar-refractivity contribution is -0.117. The number of Topliss-reactive ketones (excluding diaryl/α,β-unsaturated/α-hetero) is 1. The number of furan rings is 1. The van der Waals surface area contributed by atoms with Gasteiger partial charge in [-0.3, -0.25) is 14.5 Å². The molecular weight excluding hydrogens is 424 g/mol. The largest absolute Gasteiger partial charge is 0.503 e. The molecular formula is C22H13ClN2O4S. The van der Waals surface area contributed by atoms with E-state index in [1.165, 1.54) is 16.2 Å². The van der Waals surface area contributed by atoms with Crippen LogP contribution in [-0.4, -0.2) is 21.8 Å². The third kappa shape index (κ3) is 2.91. The van der Waals surface area contributed by atoms with Crippen LogP contribution in [0.25, 0.3) is 11.0 Å². The minimum Gasteiger partial charge on any atom is -0.503 e. The Bertz CT molecular complexity index is 1280. The molecule has 1 atom stereocenters. The van der Waals surface area contributed by atoms with Gasteiger partial charge in [0, 0.05) is 22.0 Å². The molecule has 1 N–H and O–H groups in total. The Labute approximate surface area is 179 Å². The summed E-state index contributed by atoms with van der Waals surface area (Å²) < 4.78 is 5.70. The molecule has 1 aliphatic rings. The number of carbonyl (C=O) groups is 2. The number of ketones is 1. The van der Waals surface area contributed by atoms with Crippen molar-refractivity contribution in [2.45, 2.75) is 6.04 Å². The smallest absolute Gasteiger partial charge is 0.296 e. The molecule has 0 fully saturated rings. The second kappa shape index (κ2) is 7.12. The fraction of sp³-hybridized carbons (Fsp3) is 0.0455. The number of thiazole rings is 1. The quantitative estimate of drug-likeness (QED) is 0.437. The molecule has 0 aliphatic carbocycles. The van der Waals surface area contributed by atoms with Crippen LogP contribution in [0.4, 0.5) is 5.13 Å². The monoisotopic (exact) mass is 436 g/mol. The first-order chi connectivity index (χ1) is 14.5. The summed E-state index contributed by atoms with van der Waals surface area (Å²) in [4.78, 5) is 31.9. The summed E-state index contributed by atoms with van der Waals surface area (Å²) >= 11 is 7.25. The number of anilines is 1. The highest BCUT2D eigenvalue weighted by molar-refractivity contribution is 7.13. The Morgan fingerprint density at radius 3 is 2.63 bits per heavy atom. The van der Waals surface area contributed by atoms with Gasteiger partial charge in [-0.15, -0.1) is 11.3 Å². The number of halogens is 1. The maximum atomic E-state index is 13.4. The van der Waals surface area contributed by atoms with Crippen molar-refractivity contribution in [2.24, 2.45) is 0 Å². The van der Waals surface area contributed by atoms with Crippen molar-refractivity contribution in [3.8, 4) is 0 Å². The molecule has 0 saturated heterocycles. The zero-order chi connectivity index (χ0) is 20.8. The van der Waals surface area contributed by atoms with Crippen LogP contribution in [0.5, 0.6) is 0 Å². The normalized spacial score (nSPS) is 16.6. The fourth-order valence-electron chi connectivity index (χ4n) is 3.56. The van der Waals surface area contributed by atoms with Crippen molar-refractivity contribution in [1.29, 1.82) is 0 Å². The second-order valence-corrected chi connectivity index (χ2v) is 7.99.